The molecule has 0 saturated heterocycles. The van der Waals surface area contributed by atoms with E-state index in [1.165, 1.54) is 5.01 Å². The number of amides is 2. The summed E-state index contributed by atoms with van der Waals surface area (Å²) in [5, 5.41) is 8.97. The molecule has 1 aromatic carbocycles. The number of hydrogen-bond acceptors (Lipinski definition) is 3. The van der Waals surface area contributed by atoms with Crippen molar-refractivity contribution in [3.8, 4) is 0 Å². The van der Waals surface area contributed by atoms with Crippen LogP contribution in [0.25, 0.3) is 0 Å². The highest BCUT2D eigenvalue weighted by molar-refractivity contribution is 6.02. The van der Waals surface area contributed by atoms with E-state index in [1.54, 1.807) is 0 Å². The summed E-state index contributed by atoms with van der Waals surface area (Å²) in [7, 11) is 0. The maximum Gasteiger partial charge on any atom is 0.243 e. The number of hydrogen-bond donors (Lipinski definition) is 1. The second-order valence-corrected chi connectivity index (χ2v) is 8.85. The zero-order valence-electron chi connectivity index (χ0n) is 16.6. The highest BCUT2D eigenvalue weighted by atomic mass is 16.2. The van der Waals surface area contributed by atoms with Crippen molar-refractivity contribution in [2.75, 3.05) is 6.54 Å². The normalized spacial score (nSPS) is 15.0. The van der Waals surface area contributed by atoms with Crippen LogP contribution in [0.4, 0.5) is 0 Å². The van der Waals surface area contributed by atoms with Gasteiger partial charge in [-0.2, -0.15) is 5.10 Å². The van der Waals surface area contributed by atoms with Crippen LogP contribution in [0, 0.1) is 5.41 Å². The second kappa shape index (κ2) is 8.02. The quantitative estimate of drug-likeness (QED) is 0.843. The maximum atomic E-state index is 12.4. The monoisotopic (exact) mass is 357 g/mol. The molecule has 0 unspecified atom stereocenters. The fourth-order valence-electron chi connectivity index (χ4n) is 3.63. The van der Waals surface area contributed by atoms with Gasteiger partial charge >= 0.3 is 0 Å². The molecule has 5 nitrogen and oxygen atoms in total. The summed E-state index contributed by atoms with van der Waals surface area (Å²) < 4.78 is 0. The molecule has 0 fully saturated rings. The SMILES string of the molecule is CC(C)(C)CC(C)(C)NC(=O)CCC(=O)N1CCC(c2ccccc2)=N1. The summed E-state index contributed by atoms with van der Waals surface area (Å²) >= 11 is 0. The Morgan fingerprint density at radius 3 is 2.35 bits per heavy atom. The Kier molecular flexibility index (Phi) is 6.21. The van der Waals surface area contributed by atoms with E-state index in [1.807, 2.05) is 44.2 Å². The topological polar surface area (TPSA) is 61.8 Å². The van der Waals surface area contributed by atoms with Crippen LogP contribution in [0.5, 0.6) is 0 Å². The molecule has 2 rings (SSSR count). The Bertz CT molecular complexity index is 672. The summed E-state index contributed by atoms with van der Waals surface area (Å²) in [6.07, 6.45) is 2.00. The molecule has 0 aliphatic carbocycles. The number of rotatable bonds is 6. The van der Waals surface area contributed by atoms with Crippen LogP contribution < -0.4 is 5.32 Å². The molecule has 0 bridgehead atoms. The molecular formula is C21H31N3O2. The van der Waals surface area contributed by atoms with Crippen molar-refractivity contribution >= 4 is 17.5 Å². The van der Waals surface area contributed by atoms with E-state index in [4.69, 9.17) is 0 Å². The zero-order chi connectivity index (χ0) is 19.4. The van der Waals surface area contributed by atoms with Gasteiger partial charge in [0.05, 0.1) is 12.3 Å². The zero-order valence-corrected chi connectivity index (χ0v) is 16.6. The first kappa shape index (κ1) is 20.1. The fourth-order valence-corrected chi connectivity index (χ4v) is 3.63. The van der Waals surface area contributed by atoms with Gasteiger partial charge in [0.2, 0.25) is 11.8 Å². The number of carbonyl (C=O) groups excluding carboxylic acids is 2. The van der Waals surface area contributed by atoms with Crippen molar-refractivity contribution in [2.24, 2.45) is 10.5 Å². The van der Waals surface area contributed by atoms with E-state index in [2.05, 4.69) is 31.2 Å². The summed E-state index contributed by atoms with van der Waals surface area (Å²) in [4.78, 5) is 24.6. The Morgan fingerprint density at radius 2 is 1.73 bits per heavy atom. The van der Waals surface area contributed by atoms with Gasteiger partial charge in [-0.05, 0) is 31.2 Å². The van der Waals surface area contributed by atoms with Gasteiger partial charge in [0.1, 0.15) is 0 Å². The first-order valence-corrected chi connectivity index (χ1v) is 9.30. The number of nitrogens with zero attached hydrogens (tertiary/aromatic N) is 2. The summed E-state index contributed by atoms with van der Waals surface area (Å²) in [6.45, 7) is 11.1. The van der Waals surface area contributed by atoms with Crippen LogP contribution >= 0.6 is 0 Å². The predicted octanol–water partition coefficient (Wildman–Crippen LogP) is 3.73. The lowest BCUT2D eigenvalue weighted by Crippen LogP contribution is -2.46. The highest BCUT2D eigenvalue weighted by Gasteiger charge is 2.27. The molecule has 1 N–H and O–H groups in total. The van der Waals surface area contributed by atoms with E-state index in [9.17, 15) is 9.59 Å². The van der Waals surface area contributed by atoms with Crippen LogP contribution in [0.15, 0.2) is 35.4 Å². The molecule has 0 atom stereocenters. The molecule has 1 aromatic rings. The van der Waals surface area contributed by atoms with Gasteiger partial charge in [-0.15, -0.1) is 0 Å². The van der Waals surface area contributed by atoms with E-state index < -0.39 is 0 Å². The first-order valence-electron chi connectivity index (χ1n) is 9.30. The standard InChI is InChI=1S/C21H31N3O2/c1-20(2,3)15-21(4,5)22-18(25)11-12-19(26)24-14-13-17(23-24)16-9-7-6-8-10-16/h6-10H,11-15H2,1-5H3,(H,22,25). The minimum Gasteiger partial charge on any atom is -0.351 e. The number of nitrogens with one attached hydrogen (secondary N) is 1. The molecule has 142 valence electrons. The molecule has 0 radical (unpaired) electrons. The van der Waals surface area contributed by atoms with Crippen molar-refractivity contribution in [2.45, 2.75) is 65.8 Å². The van der Waals surface area contributed by atoms with Gasteiger partial charge in [-0.3, -0.25) is 9.59 Å². The number of hydrazone groups is 1. The van der Waals surface area contributed by atoms with Crippen LogP contribution in [0.1, 0.15) is 65.9 Å². The van der Waals surface area contributed by atoms with Gasteiger partial charge in [0, 0.05) is 24.8 Å². The molecule has 0 aromatic heterocycles. The van der Waals surface area contributed by atoms with Crippen molar-refractivity contribution < 1.29 is 9.59 Å². The Balaban J connectivity index is 1.83. The van der Waals surface area contributed by atoms with E-state index >= 15 is 0 Å². The fraction of sp³-hybridized carbons (Fsp3) is 0.571. The molecule has 0 saturated carbocycles. The maximum absolute atomic E-state index is 12.4. The minimum atomic E-state index is -0.287. The molecule has 1 heterocycles. The molecule has 1 aliphatic rings. The van der Waals surface area contributed by atoms with Gasteiger partial charge < -0.3 is 5.32 Å². The van der Waals surface area contributed by atoms with Crippen molar-refractivity contribution in [3.05, 3.63) is 35.9 Å². The molecule has 26 heavy (non-hydrogen) atoms. The predicted molar refractivity (Wildman–Crippen MR) is 105 cm³/mol. The lowest BCUT2D eigenvalue weighted by Gasteiger charge is -2.33. The first-order chi connectivity index (χ1) is 12.1. The third-order valence-corrected chi connectivity index (χ3v) is 4.21. The lowest BCUT2D eigenvalue weighted by molar-refractivity contribution is -0.133. The smallest absolute Gasteiger partial charge is 0.243 e. The number of carbonyl (C=O) groups is 2. The van der Waals surface area contributed by atoms with Crippen LogP contribution in [-0.4, -0.2) is 34.6 Å². The van der Waals surface area contributed by atoms with Gasteiger partial charge in [-0.1, -0.05) is 51.1 Å². The molecule has 1 aliphatic heterocycles. The van der Waals surface area contributed by atoms with Gasteiger partial charge in [0.15, 0.2) is 0 Å². The molecule has 5 heteroatoms. The average Bonchev–Trinajstić information content (AvgIpc) is 3.00. The third kappa shape index (κ3) is 6.28. The summed E-state index contributed by atoms with van der Waals surface area (Å²) in [5.41, 5.74) is 1.81. The third-order valence-electron chi connectivity index (χ3n) is 4.21. The lowest BCUT2D eigenvalue weighted by atomic mass is 9.82. The van der Waals surface area contributed by atoms with Crippen LogP contribution in [0.2, 0.25) is 0 Å². The van der Waals surface area contributed by atoms with Crippen molar-refractivity contribution in [3.63, 3.8) is 0 Å². The van der Waals surface area contributed by atoms with E-state index in [0.717, 1.165) is 24.1 Å². The molecular weight excluding hydrogens is 326 g/mol. The Hall–Kier alpha value is -2.17. The van der Waals surface area contributed by atoms with Crippen molar-refractivity contribution in [1.29, 1.82) is 0 Å². The Morgan fingerprint density at radius 1 is 1.08 bits per heavy atom. The van der Waals surface area contributed by atoms with Crippen LogP contribution in [-0.2, 0) is 9.59 Å². The molecule has 0 spiro atoms. The average molecular weight is 357 g/mol. The number of benzene rings is 1. The molecule has 2 amide bonds. The Labute approximate surface area is 156 Å². The summed E-state index contributed by atoms with van der Waals surface area (Å²) in [6, 6.07) is 9.88. The van der Waals surface area contributed by atoms with E-state index in [-0.39, 0.29) is 35.6 Å². The van der Waals surface area contributed by atoms with E-state index in [0.29, 0.717) is 6.54 Å². The second-order valence-electron chi connectivity index (χ2n) is 8.85. The summed E-state index contributed by atoms with van der Waals surface area (Å²) in [5.74, 6) is -0.182. The van der Waals surface area contributed by atoms with Gasteiger partial charge in [0.25, 0.3) is 0 Å². The van der Waals surface area contributed by atoms with Crippen molar-refractivity contribution in [1.82, 2.24) is 10.3 Å². The minimum absolute atomic E-state index is 0.0842. The highest BCUT2D eigenvalue weighted by Crippen LogP contribution is 2.26. The largest absolute Gasteiger partial charge is 0.351 e. The van der Waals surface area contributed by atoms with Crippen LogP contribution in [0.3, 0.4) is 0 Å². The van der Waals surface area contributed by atoms with Gasteiger partial charge in [-0.25, -0.2) is 5.01 Å².